The molecule has 8 nitrogen and oxygen atoms in total. The van der Waals surface area contributed by atoms with Crippen molar-refractivity contribution in [3.05, 3.63) is 59.7 Å². The minimum absolute atomic E-state index is 0.0384. The normalized spacial score (nSPS) is 10.7. The Labute approximate surface area is 182 Å². The van der Waals surface area contributed by atoms with Gasteiger partial charge in [0.15, 0.2) is 11.5 Å². The fourth-order valence-corrected chi connectivity index (χ4v) is 2.83. The monoisotopic (exact) mass is 445 g/mol. The molecule has 0 atom stereocenters. The molecule has 0 bridgehead atoms. The van der Waals surface area contributed by atoms with E-state index >= 15 is 0 Å². The molecule has 0 fully saturated rings. The smallest absolute Gasteiger partial charge is 0.387 e. The second-order valence-electron chi connectivity index (χ2n) is 6.60. The van der Waals surface area contributed by atoms with Gasteiger partial charge in [-0.15, -0.1) is 0 Å². The molecule has 0 saturated heterocycles. The van der Waals surface area contributed by atoms with Gasteiger partial charge in [0, 0.05) is 17.2 Å². The van der Waals surface area contributed by atoms with E-state index in [0.29, 0.717) is 5.69 Å². The van der Waals surface area contributed by atoms with Gasteiger partial charge in [-0.1, -0.05) is 36.3 Å². The molecular formula is C22H21F2N3O5. The van der Waals surface area contributed by atoms with Crippen molar-refractivity contribution in [1.29, 1.82) is 0 Å². The molecule has 32 heavy (non-hydrogen) atoms. The first-order valence-electron chi connectivity index (χ1n) is 9.66. The maximum Gasteiger partial charge on any atom is 0.387 e. The standard InChI is InChI=1S/C22H21F2N3O5/c1-3-13-4-6-14(7-5-13)16-11-20(32-27-16)26-19(28)12-25-21(29)15-8-9-17(31-22(23)24)18(10-15)30-2/h4-11,22H,3,12H2,1-2H3,(H,25,29)(H,26,28). The fraction of sp³-hybridized carbons (Fsp3) is 0.227. The van der Waals surface area contributed by atoms with Crippen LogP contribution in [-0.4, -0.2) is 37.2 Å². The molecule has 2 amide bonds. The molecule has 0 spiro atoms. The lowest BCUT2D eigenvalue weighted by atomic mass is 10.1. The summed E-state index contributed by atoms with van der Waals surface area (Å²) < 4.78 is 39.2. The summed E-state index contributed by atoms with van der Waals surface area (Å²) in [7, 11) is 1.26. The van der Waals surface area contributed by atoms with Gasteiger partial charge in [0.25, 0.3) is 5.91 Å². The zero-order valence-electron chi connectivity index (χ0n) is 17.4. The number of aryl methyl sites for hydroxylation is 1. The molecular weight excluding hydrogens is 424 g/mol. The van der Waals surface area contributed by atoms with Gasteiger partial charge in [0.05, 0.1) is 13.7 Å². The number of benzene rings is 2. The predicted molar refractivity (Wildman–Crippen MR) is 112 cm³/mol. The molecule has 3 aromatic rings. The number of methoxy groups -OCH3 is 1. The Kier molecular flexibility index (Phi) is 7.37. The second-order valence-corrected chi connectivity index (χ2v) is 6.60. The van der Waals surface area contributed by atoms with Crippen molar-refractivity contribution in [3.8, 4) is 22.8 Å². The Morgan fingerprint density at radius 1 is 1.09 bits per heavy atom. The Balaban J connectivity index is 1.55. The SMILES string of the molecule is CCc1ccc(-c2cc(NC(=O)CNC(=O)c3ccc(OC(F)F)c(OC)c3)on2)cc1. The Morgan fingerprint density at radius 3 is 2.50 bits per heavy atom. The number of halogens is 2. The largest absolute Gasteiger partial charge is 0.493 e. The highest BCUT2D eigenvalue weighted by molar-refractivity contribution is 5.99. The summed E-state index contributed by atoms with van der Waals surface area (Å²) in [5, 5.41) is 8.86. The number of anilines is 1. The van der Waals surface area contributed by atoms with Crippen LogP contribution in [0.15, 0.2) is 53.1 Å². The lowest BCUT2D eigenvalue weighted by molar-refractivity contribution is -0.115. The van der Waals surface area contributed by atoms with Gasteiger partial charge >= 0.3 is 6.61 Å². The third-order valence-corrected chi connectivity index (χ3v) is 4.48. The van der Waals surface area contributed by atoms with Crippen LogP contribution in [0.4, 0.5) is 14.7 Å². The van der Waals surface area contributed by atoms with Crippen LogP contribution in [0.25, 0.3) is 11.3 Å². The van der Waals surface area contributed by atoms with Crippen LogP contribution in [-0.2, 0) is 11.2 Å². The number of aromatic nitrogens is 1. The summed E-state index contributed by atoms with van der Waals surface area (Å²) in [5.41, 5.74) is 2.70. The molecule has 2 aromatic carbocycles. The summed E-state index contributed by atoms with van der Waals surface area (Å²) in [6, 6.07) is 13.1. The summed E-state index contributed by atoms with van der Waals surface area (Å²) in [5.74, 6) is -1.25. The van der Waals surface area contributed by atoms with Crippen LogP contribution >= 0.6 is 0 Å². The number of alkyl halides is 2. The minimum atomic E-state index is -3.03. The van der Waals surface area contributed by atoms with E-state index in [1.165, 1.54) is 30.9 Å². The first kappa shape index (κ1) is 22.7. The van der Waals surface area contributed by atoms with Gasteiger partial charge in [-0.3, -0.25) is 14.9 Å². The van der Waals surface area contributed by atoms with Crippen LogP contribution in [0, 0.1) is 0 Å². The molecule has 0 saturated carbocycles. The first-order chi connectivity index (χ1) is 15.4. The van der Waals surface area contributed by atoms with Crippen molar-refractivity contribution in [2.45, 2.75) is 20.0 Å². The number of ether oxygens (including phenoxy) is 2. The van der Waals surface area contributed by atoms with Crippen LogP contribution in [0.1, 0.15) is 22.8 Å². The molecule has 168 valence electrons. The number of hydrogen-bond donors (Lipinski definition) is 2. The van der Waals surface area contributed by atoms with E-state index < -0.39 is 18.4 Å². The molecule has 2 N–H and O–H groups in total. The van der Waals surface area contributed by atoms with Crippen molar-refractivity contribution >= 4 is 17.7 Å². The van der Waals surface area contributed by atoms with E-state index in [4.69, 9.17) is 9.26 Å². The number of carbonyl (C=O) groups excluding carboxylic acids is 2. The van der Waals surface area contributed by atoms with E-state index in [9.17, 15) is 18.4 Å². The highest BCUT2D eigenvalue weighted by atomic mass is 19.3. The molecule has 0 aliphatic rings. The van der Waals surface area contributed by atoms with Crippen LogP contribution in [0.2, 0.25) is 0 Å². The number of carbonyl (C=O) groups is 2. The molecule has 3 rings (SSSR count). The van der Waals surface area contributed by atoms with Gasteiger partial charge < -0.3 is 19.3 Å². The van der Waals surface area contributed by atoms with Crippen LogP contribution in [0.3, 0.4) is 0 Å². The van der Waals surface area contributed by atoms with Gasteiger partial charge in [0.1, 0.15) is 5.69 Å². The Morgan fingerprint density at radius 2 is 1.84 bits per heavy atom. The van der Waals surface area contributed by atoms with Gasteiger partial charge in [0.2, 0.25) is 11.8 Å². The highest BCUT2D eigenvalue weighted by Gasteiger charge is 2.16. The fourth-order valence-electron chi connectivity index (χ4n) is 2.83. The van der Waals surface area contributed by atoms with E-state index in [0.717, 1.165) is 12.0 Å². The number of nitrogens with one attached hydrogen (secondary N) is 2. The van der Waals surface area contributed by atoms with E-state index in [-0.39, 0.29) is 29.5 Å². The van der Waals surface area contributed by atoms with Crippen molar-refractivity contribution in [2.24, 2.45) is 0 Å². The average Bonchev–Trinajstić information content (AvgIpc) is 3.25. The molecule has 0 unspecified atom stereocenters. The highest BCUT2D eigenvalue weighted by Crippen LogP contribution is 2.29. The van der Waals surface area contributed by atoms with Gasteiger partial charge in [-0.05, 0) is 30.2 Å². The number of amides is 2. The summed E-state index contributed by atoms with van der Waals surface area (Å²) in [6.07, 6.45) is 0.923. The maximum absolute atomic E-state index is 12.4. The average molecular weight is 445 g/mol. The summed E-state index contributed by atoms with van der Waals surface area (Å²) >= 11 is 0. The molecule has 1 aromatic heterocycles. The molecule has 0 radical (unpaired) electrons. The van der Waals surface area contributed by atoms with Crippen LogP contribution in [0.5, 0.6) is 11.5 Å². The van der Waals surface area contributed by atoms with Crippen molar-refractivity contribution in [1.82, 2.24) is 10.5 Å². The van der Waals surface area contributed by atoms with Crippen molar-refractivity contribution in [3.63, 3.8) is 0 Å². The lowest BCUT2D eigenvalue weighted by Gasteiger charge is -2.11. The first-order valence-corrected chi connectivity index (χ1v) is 9.66. The zero-order valence-corrected chi connectivity index (χ0v) is 17.4. The summed E-state index contributed by atoms with van der Waals surface area (Å²) in [4.78, 5) is 24.4. The number of hydrogen-bond acceptors (Lipinski definition) is 6. The molecule has 0 aliphatic heterocycles. The maximum atomic E-state index is 12.4. The van der Waals surface area contributed by atoms with Crippen LogP contribution < -0.4 is 20.1 Å². The Hall–Kier alpha value is -3.95. The second kappa shape index (κ2) is 10.4. The van der Waals surface area contributed by atoms with Crippen molar-refractivity contribution < 1.29 is 32.4 Å². The Bertz CT molecular complexity index is 1080. The third kappa shape index (κ3) is 5.81. The zero-order chi connectivity index (χ0) is 23.1. The van der Waals surface area contributed by atoms with E-state index in [1.54, 1.807) is 6.07 Å². The molecule has 10 heteroatoms. The molecule has 1 heterocycles. The van der Waals surface area contributed by atoms with Gasteiger partial charge in [-0.25, -0.2) is 0 Å². The summed E-state index contributed by atoms with van der Waals surface area (Å²) in [6.45, 7) is -1.32. The minimum Gasteiger partial charge on any atom is -0.493 e. The lowest BCUT2D eigenvalue weighted by Crippen LogP contribution is -2.32. The van der Waals surface area contributed by atoms with Crippen molar-refractivity contribution in [2.75, 3.05) is 19.0 Å². The topological polar surface area (TPSA) is 103 Å². The number of nitrogens with zero attached hydrogens (tertiary/aromatic N) is 1. The predicted octanol–water partition coefficient (Wildman–Crippen LogP) is 3.88. The van der Waals surface area contributed by atoms with Gasteiger partial charge in [-0.2, -0.15) is 8.78 Å². The van der Waals surface area contributed by atoms with E-state index in [2.05, 4.69) is 27.5 Å². The molecule has 0 aliphatic carbocycles. The third-order valence-electron chi connectivity index (χ3n) is 4.48. The quantitative estimate of drug-likeness (QED) is 0.518. The van der Waals surface area contributed by atoms with E-state index in [1.807, 2.05) is 24.3 Å². The number of rotatable bonds is 9.